The largest absolute Gasteiger partial charge is 0.355 e. The van der Waals surface area contributed by atoms with Crippen molar-refractivity contribution >= 4 is 30.3 Å². The average molecular weight is 398 g/mol. The molecule has 1 aliphatic carbocycles. The maximum atomic E-state index is 11.9. The fraction of sp³-hybridized carbons (Fsp3) is 0.682. The molecule has 1 rings (SSSR count). The summed E-state index contributed by atoms with van der Waals surface area (Å²) in [5, 5.41) is 3.07. The third kappa shape index (κ3) is 14.5. The average Bonchev–Trinajstić information content (AvgIpc) is 2.68. The Kier molecular flexibility index (Phi) is 18.7. The first-order chi connectivity index (χ1) is 12.8. The molecule has 0 atom stereocenters. The first-order valence-corrected chi connectivity index (χ1v) is 12.1. The molecule has 1 amide bonds. The first-order valence-electron chi connectivity index (χ1n) is 10.0. The van der Waals surface area contributed by atoms with Crippen LogP contribution in [0.4, 0.5) is 0 Å². The van der Waals surface area contributed by atoms with Gasteiger partial charge in [0.15, 0.2) is 0 Å². The highest BCUT2D eigenvalue weighted by Crippen LogP contribution is 2.26. The molecular formula is C22H39NOS2. The molecular weight excluding hydrogens is 358 g/mol. The number of allylic oxidation sites excluding steroid dienone is 5. The lowest BCUT2D eigenvalue weighted by Crippen LogP contribution is -2.26. The van der Waals surface area contributed by atoms with Crippen LogP contribution < -0.4 is 5.32 Å². The smallest absolute Gasteiger partial charge is 0.230 e. The van der Waals surface area contributed by atoms with Gasteiger partial charge in [0.05, 0.1) is 5.75 Å². The molecule has 0 heterocycles. The second kappa shape index (κ2) is 19.2. The van der Waals surface area contributed by atoms with Crippen LogP contribution in [0.15, 0.2) is 36.0 Å². The zero-order chi connectivity index (χ0) is 19.5. The molecule has 1 fully saturated rings. The topological polar surface area (TPSA) is 29.1 Å². The summed E-state index contributed by atoms with van der Waals surface area (Å²) in [4.78, 5) is 11.9. The molecule has 0 aromatic heterocycles. The normalized spacial score (nSPS) is 15.9. The van der Waals surface area contributed by atoms with Crippen LogP contribution in [-0.4, -0.2) is 30.2 Å². The minimum absolute atomic E-state index is 0.178. The van der Waals surface area contributed by atoms with E-state index >= 15 is 0 Å². The van der Waals surface area contributed by atoms with Crippen molar-refractivity contribution in [3.8, 4) is 0 Å². The number of hydrogen-bond acceptors (Lipinski definition) is 3. The van der Waals surface area contributed by atoms with Crippen LogP contribution in [0.25, 0.3) is 0 Å². The van der Waals surface area contributed by atoms with Gasteiger partial charge < -0.3 is 5.32 Å². The summed E-state index contributed by atoms with van der Waals surface area (Å²) in [5.74, 6) is 2.55. The van der Waals surface area contributed by atoms with Gasteiger partial charge in [0, 0.05) is 12.3 Å². The molecule has 0 radical (unpaired) electrons. The van der Waals surface area contributed by atoms with Crippen molar-refractivity contribution in [2.75, 3.05) is 24.3 Å². The second-order valence-electron chi connectivity index (χ2n) is 6.56. The van der Waals surface area contributed by atoms with E-state index in [-0.39, 0.29) is 5.91 Å². The third-order valence-corrected chi connectivity index (χ3v) is 5.42. The molecule has 150 valence electrons. The van der Waals surface area contributed by atoms with E-state index in [0.717, 1.165) is 31.1 Å². The van der Waals surface area contributed by atoms with Crippen molar-refractivity contribution in [1.29, 1.82) is 0 Å². The van der Waals surface area contributed by atoms with Crippen LogP contribution in [0.2, 0.25) is 0 Å². The van der Waals surface area contributed by atoms with Crippen LogP contribution in [-0.2, 0) is 4.79 Å². The monoisotopic (exact) mass is 397 g/mol. The van der Waals surface area contributed by atoms with E-state index in [9.17, 15) is 4.79 Å². The number of nitrogens with one attached hydrogen (secondary N) is 1. The summed E-state index contributed by atoms with van der Waals surface area (Å²) in [7, 11) is 0. The van der Waals surface area contributed by atoms with E-state index < -0.39 is 0 Å². The van der Waals surface area contributed by atoms with Gasteiger partial charge in [-0.05, 0) is 43.9 Å². The summed E-state index contributed by atoms with van der Waals surface area (Å²) < 4.78 is 0. The Morgan fingerprint density at radius 2 is 1.88 bits per heavy atom. The summed E-state index contributed by atoms with van der Waals surface area (Å²) in [6.07, 6.45) is 22.7. The van der Waals surface area contributed by atoms with Gasteiger partial charge >= 0.3 is 0 Å². The number of rotatable bonds is 11. The summed E-state index contributed by atoms with van der Waals surface area (Å²) in [6.45, 7) is 5.00. The minimum atomic E-state index is 0.178. The molecule has 1 aliphatic rings. The predicted molar refractivity (Wildman–Crippen MR) is 123 cm³/mol. The highest BCUT2D eigenvalue weighted by molar-refractivity contribution is 8.00. The van der Waals surface area contributed by atoms with Crippen LogP contribution in [0.1, 0.15) is 65.2 Å². The van der Waals surface area contributed by atoms with Gasteiger partial charge in [0.25, 0.3) is 0 Å². The second-order valence-corrected chi connectivity index (χ2v) is 7.55. The molecule has 0 aromatic rings. The molecule has 0 saturated heterocycles. The Labute approximate surface area is 171 Å². The van der Waals surface area contributed by atoms with E-state index in [2.05, 4.69) is 43.1 Å². The van der Waals surface area contributed by atoms with E-state index in [1.54, 1.807) is 18.0 Å². The molecule has 0 bridgehead atoms. The van der Waals surface area contributed by atoms with Gasteiger partial charge in [-0.1, -0.05) is 69.4 Å². The SMILES string of the molecule is CS.C\C=C/C=C\C(=C\CC)CSCC(=O)NCCCC1CCCCC1. The quantitative estimate of drug-likeness (QED) is 0.246. The molecule has 2 nitrogen and oxygen atoms in total. The summed E-state index contributed by atoms with van der Waals surface area (Å²) >= 11 is 5.23. The number of amides is 1. The van der Waals surface area contributed by atoms with E-state index in [1.165, 1.54) is 44.1 Å². The lowest BCUT2D eigenvalue weighted by molar-refractivity contribution is -0.118. The summed E-state index contributed by atoms with van der Waals surface area (Å²) in [5.41, 5.74) is 1.30. The van der Waals surface area contributed by atoms with Crippen molar-refractivity contribution in [3.63, 3.8) is 0 Å². The fourth-order valence-electron chi connectivity index (χ4n) is 3.13. The van der Waals surface area contributed by atoms with E-state index in [4.69, 9.17) is 0 Å². The third-order valence-electron chi connectivity index (χ3n) is 4.42. The van der Waals surface area contributed by atoms with Crippen LogP contribution >= 0.6 is 24.4 Å². The maximum Gasteiger partial charge on any atom is 0.230 e. The Morgan fingerprint density at radius 1 is 1.15 bits per heavy atom. The number of carbonyl (C=O) groups excluding carboxylic acids is 1. The lowest BCUT2D eigenvalue weighted by atomic mass is 9.86. The molecule has 0 unspecified atom stereocenters. The maximum absolute atomic E-state index is 11.9. The number of hydrogen-bond donors (Lipinski definition) is 2. The van der Waals surface area contributed by atoms with Crippen LogP contribution in [0, 0.1) is 5.92 Å². The van der Waals surface area contributed by atoms with Gasteiger partial charge in [0.2, 0.25) is 5.91 Å². The Morgan fingerprint density at radius 3 is 2.54 bits per heavy atom. The highest BCUT2D eigenvalue weighted by Gasteiger charge is 2.12. The summed E-state index contributed by atoms with van der Waals surface area (Å²) in [6, 6.07) is 0. The van der Waals surface area contributed by atoms with Crippen LogP contribution in [0.5, 0.6) is 0 Å². The van der Waals surface area contributed by atoms with Gasteiger partial charge in [-0.2, -0.15) is 12.6 Å². The van der Waals surface area contributed by atoms with Crippen molar-refractivity contribution in [1.82, 2.24) is 5.32 Å². The minimum Gasteiger partial charge on any atom is -0.355 e. The standard InChI is InChI=1S/C21H35NOS.CH4S/c1-3-5-7-14-20(11-4-2)17-24-18-21(23)22-16-10-15-19-12-8-6-9-13-19;1-2/h3,5,7,11,14,19H,4,6,8-10,12-13,15-18H2,1-2H3,(H,22,23);2H,1H3/b5-3-,14-7-,20-11-;. The molecule has 1 saturated carbocycles. The van der Waals surface area contributed by atoms with Crippen molar-refractivity contribution in [2.45, 2.75) is 65.2 Å². The van der Waals surface area contributed by atoms with Gasteiger partial charge in [-0.3, -0.25) is 4.79 Å². The van der Waals surface area contributed by atoms with Gasteiger partial charge in [-0.15, -0.1) is 11.8 Å². The van der Waals surface area contributed by atoms with Gasteiger partial charge in [0.1, 0.15) is 0 Å². The molecule has 0 aliphatic heterocycles. The zero-order valence-corrected chi connectivity index (χ0v) is 18.7. The lowest BCUT2D eigenvalue weighted by Gasteiger charge is -2.21. The highest BCUT2D eigenvalue weighted by atomic mass is 32.2. The molecule has 0 spiro atoms. The molecule has 26 heavy (non-hydrogen) atoms. The van der Waals surface area contributed by atoms with Gasteiger partial charge in [-0.25, -0.2) is 0 Å². The molecule has 4 heteroatoms. The molecule has 0 aromatic carbocycles. The predicted octanol–water partition coefficient (Wildman–Crippen LogP) is 6.21. The Balaban J connectivity index is 0.00000301. The number of thiol groups is 1. The van der Waals surface area contributed by atoms with E-state index in [1.807, 2.05) is 19.1 Å². The van der Waals surface area contributed by atoms with E-state index in [0.29, 0.717) is 5.75 Å². The number of thioether (sulfide) groups is 1. The van der Waals surface area contributed by atoms with Crippen molar-refractivity contribution in [2.24, 2.45) is 5.92 Å². The fourth-order valence-corrected chi connectivity index (χ4v) is 3.97. The Bertz CT molecular complexity index is 424. The van der Waals surface area contributed by atoms with Crippen LogP contribution in [0.3, 0.4) is 0 Å². The molecule has 1 N–H and O–H groups in total. The Hall–Kier alpha value is -0.610. The van der Waals surface area contributed by atoms with Crippen molar-refractivity contribution < 1.29 is 4.79 Å². The first kappa shape index (κ1) is 25.4. The zero-order valence-electron chi connectivity index (χ0n) is 17.0. The number of carbonyl (C=O) groups is 1. The van der Waals surface area contributed by atoms with Crippen molar-refractivity contribution in [3.05, 3.63) is 36.0 Å².